The number of hydrogen-bond acceptors (Lipinski definition) is 0. The molecule has 55 heavy (non-hydrogen) atoms. The maximum atomic E-state index is 2.40. The van der Waals surface area contributed by atoms with Crippen molar-refractivity contribution in [3.63, 3.8) is 0 Å². The summed E-state index contributed by atoms with van der Waals surface area (Å²) in [5.41, 5.74) is 0. The summed E-state index contributed by atoms with van der Waals surface area (Å²) in [5, 5.41) is 4.39. The Bertz CT molecular complexity index is 637. The van der Waals surface area contributed by atoms with Gasteiger partial charge in [-0.1, -0.05) is 246 Å². The fraction of sp³-hybridized carbons (Fsp3) is 1.00. The van der Waals surface area contributed by atoms with Gasteiger partial charge in [-0.25, -0.2) is 0 Å². The summed E-state index contributed by atoms with van der Waals surface area (Å²) in [6.45, 7) is 85.2. The van der Waals surface area contributed by atoms with Gasteiger partial charge in [-0.2, -0.15) is 0 Å². The molecule has 0 spiro atoms. The second-order valence-corrected chi connectivity index (χ2v) is 50.6. The van der Waals surface area contributed by atoms with Crippen LogP contribution in [0.15, 0.2) is 0 Å². The van der Waals surface area contributed by atoms with E-state index in [2.05, 4.69) is 246 Å². The molecule has 0 aliphatic heterocycles. The van der Waals surface area contributed by atoms with Gasteiger partial charge >= 0.3 is 28.0 Å². The molecule has 0 rings (SSSR count). The van der Waals surface area contributed by atoms with Crippen molar-refractivity contribution in [2.24, 2.45) is 0 Å². The first-order valence-electron chi connectivity index (χ1n) is 20.5. The Morgan fingerprint density at radius 1 is 0.200 bits per heavy atom. The van der Waals surface area contributed by atoms with Gasteiger partial charge in [-0.15, -0.1) is 0 Å². The van der Waals surface area contributed by atoms with Crippen LogP contribution in [0.1, 0.15) is 187 Å². The Balaban J connectivity index is -0.0000000692. The Morgan fingerprint density at radius 3 is 0.236 bits per heavy atom. The van der Waals surface area contributed by atoms with E-state index in [0.29, 0.717) is 45.3 Å². The average molecular weight is 1110 g/mol. The van der Waals surface area contributed by atoms with Gasteiger partial charge in [-0.05, 0) is 45.3 Å². The Morgan fingerprint density at radius 2 is 0.236 bits per heavy atom. The molecule has 0 nitrogen and oxygen atoms in total. The summed E-state index contributed by atoms with van der Waals surface area (Å²) in [4.78, 5) is 0. The summed E-state index contributed by atoms with van der Waals surface area (Å²) in [5.74, 6) is 0. The van der Waals surface area contributed by atoms with Crippen LogP contribution >= 0.6 is 0 Å². The molecule has 0 aliphatic carbocycles. The van der Waals surface area contributed by atoms with Crippen LogP contribution in [-0.2, 0) is 0 Å². The third-order valence-electron chi connectivity index (χ3n) is 6.75. The molecule has 0 heterocycles. The molecule has 0 aliphatic rings. The normalized spacial score (nSPS) is 12.8. The molecular formula is C45H108Ge4Si6. The summed E-state index contributed by atoms with van der Waals surface area (Å²) in [6.07, 6.45) is 0. The molecule has 0 aromatic heterocycles. The van der Waals surface area contributed by atoms with Crippen molar-refractivity contribution in [2.75, 3.05) is 0 Å². The predicted molar refractivity (Wildman–Crippen MR) is 288 cm³/mol. The van der Waals surface area contributed by atoms with Crippen LogP contribution in [0, 0.1) is 0 Å². The fourth-order valence-electron chi connectivity index (χ4n) is 10.1. The Kier molecular flexibility index (Phi) is 46.2. The van der Waals surface area contributed by atoms with Crippen LogP contribution < -0.4 is 0 Å². The van der Waals surface area contributed by atoms with E-state index in [0.717, 1.165) is 0 Å². The molecule has 0 unspecified atom stereocenters. The van der Waals surface area contributed by atoms with Crippen LogP contribution in [0.4, 0.5) is 0 Å². The van der Waals surface area contributed by atoms with Crippen molar-refractivity contribution in [3.05, 3.63) is 0 Å². The quantitative estimate of drug-likeness (QED) is 0.212. The molecule has 328 valence electrons. The average Bonchev–Trinajstić information content (AvgIpc) is 2.63. The molecule has 0 bridgehead atoms. The molecule has 0 N–H and O–H groups in total. The van der Waals surface area contributed by atoms with Crippen LogP contribution in [0.3, 0.4) is 0 Å². The summed E-state index contributed by atoms with van der Waals surface area (Å²) in [7, 11) is -0.812. The molecule has 0 aromatic carbocycles. The maximum absolute atomic E-state index is 2.40. The summed E-state index contributed by atoms with van der Waals surface area (Å²) in [6, 6.07) is 0. The zero-order valence-electron chi connectivity index (χ0n) is 45.5. The van der Waals surface area contributed by atoms with Gasteiger partial charge < -0.3 is 0 Å². The van der Waals surface area contributed by atoms with Crippen molar-refractivity contribution >= 4 is 116 Å². The van der Waals surface area contributed by atoms with Crippen LogP contribution in [0.5, 0.6) is 0 Å². The van der Waals surface area contributed by atoms with Crippen molar-refractivity contribution in [1.29, 1.82) is 0 Å². The molecule has 0 amide bonds. The molecule has 0 aromatic rings. The van der Waals surface area contributed by atoms with E-state index >= 15 is 0 Å². The minimum absolute atomic E-state index is 0. The van der Waals surface area contributed by atoms with Gasteiger partial charge in [0.1, 0.15) is 0 Å². The topological polar surface area (TPSA) is 0 Å². The second kappa shape index (κ2) is 32.2. The van der Waals surface area contributed by atoms with E-state index in [9.17, 15) is 0 Å². The van der Waals surface area contributed by atoms with Gasteiger partial charge in [0.2, 0.25) is 0 Å². The van der Waals surface area contributed by atoms with Gasteiger partial charge in [0.15, 0.2) is 0 Å². The van der Waals surface area contributed by atoms with Crippen LogP contribution in [0.25, 0.3) is 0 Å². The van der Waals surface area contributed by atoms with Crippen LogP contribution in [-0.4, -0.2) is 116 Å². The van der Waals surface area contributed by atoms with E-state index in [1.807, 2.05) is 28.0 Å². The fourth-order valence-corrected chi connectivity index (χ4v) is 30.4. The molecular weight excluding hydrogens is 999 g/mol. The van der Waals surface area contributed by atoms with E-state index in [1.165, 1.54) is 0 Å². The molecule has 0 saturated heterocycles. The molecule has 0 saturated carbocycles. The van der Waals surface area contributed by atoms with Crippen molar-refractivity contribution < 1.29 is 0 Å². The van der Waals surface area contributed by atoms with Crippen molar-refractivity contribution in [1.82, 2.24) is 0 Å². The van der Waals surface area contributed by atoms with Crippen molar-refractivity contribution in [3.8, 4) is 0 Å². The second-order valence-electron chi connectivity index (χ2n) is 25.9. The molecule has 0 fully saturated rings. The van der Waals surface area contributed by atoms with Gasteiger partial charge in [0.05, 0.1) is 26.4 Å². The van der Waals surface area contributed by atoms with Gasteiger partial charge in [0.25, 0.3) is 0 Å². The number of hydrogen-bond donors (Lipinski definition) is 0. The minimum atomic E-state index is -0.391. The zero-order chi connectivity index (χ0) is 46.0. The zero-order valence-corrected chi connectivity index (χ0v) is 59.9. The third-order valence-corrected chi connectivity index (χ3v) is 20.2. The summed E-state index contributed by atoms with van der Waals surface area (Å²) < 4.78 is 0. The first-order chi connectivity index (χ1) is 22.3. The van der Waals surface area contributed by atoms with Crippen molar-refractivity contribution in [2.45, 2.75) is 291 Å². The summed E-state index contributed by atoms with van der Waals surface area (Å²) >= 11 is 4.00. The first kappa shape index (κ1) is 78.9. The predicted octanol–water partition coefficient (Wildman–Crippen LogP) is 17.2. The van der Waals surface area contributed by atoms with E-state index < -0.39 is 26.4 Å². The number of rotatable bonds is 0. The monoisotopic (exact) mass is 1110 g/mol. The van der Waals surface area contributed by atoms with E-state index in [1.54, 1.807) is 0 Å². The van der Waals surface area contributed by atoms with E-state index in [4.69, 9.17) is 0 Å². The standard InChI is InChI=1S/3C12H27Si.3C3H9Si.Ge2.2Ge/c3*1-10(2,3)13(11(4,5)6)12(7,8)9;3*1-4(2)3;1-2;;/h3*1-9H3;3*1-3H3;;;. The SMILES string of the molecule is CC(C)(C)[Si](C(C)(C)C)C(C)(C)C.CC(C)(C)[Si](C(C)(C)C)C(C)(C)C.CC(C)(C)[Si](C(C)(C)C)C(C)(C)C.C[Si](C)C.C[Si](C)C.C[Si](C)C.[Ge].[Ge].[Ge]=[Ge]. The van der Waals surface area contributed by atoms with Gasteiger partial charge in [-0.3, -0.25) is 0 Å². The third kappa shape index (κ3) is 53.5. The Hall–Kier alpha value is 3.47. The van der Waals surface area contributed by atoms with Crippen LogP contribution in [0.2, 0.25) is 104 Å². The molecule has 18 radical (unpaired) electrons. The molecule has 0 atom stereocenters. The first-order valence-corrected chi connectivity index (χ1v) is 40.5. The Labute approximate surface area is 403 Å². The molecule has 10 heteroatoms. The van der Waals surface area contributed by atoms with Gasteiger partial charge in [0, 0.05) is 61.6 Å². The van der Waals surface area contributed by atoms with E-state index in [-0.39, 0.29) is 61.6 Å².